The standard InChI is InChI=1S/C22H26O4/c1-12-9-15-16(20(3)7-5-14(23)11-17(12)20)6-8-21(4)18(15)10-13(2)22(21,26)19(24)25/h5,7,9,11,15-16,18,26H,2,6,8,10H2,1,3-4H3,(H,24,25)/t15-,16+,18+,20-,21+,22+/m1/s1. The van der Waals surface area contributed by atoms with Crippen LogP contribution in [0.5, 0.6) is 0 Å². The molecule has 0 aliphatic heterocycles. The first-order chi connectivity index (χ1) is 12.1. The molecule has 0 aromatic rings. The Morgan fingerprint density at radius 2 is 2.00 bits per heavy atom. The zero-order valence-electron chi connectivity index (χ0n) is 15.6. The molecule has 0 unspecified atom stereocenters. The molecule has 138 valence electrons. The molecule has 4 aliphatic carbocycles. The van der Waals surface area contributed by atoms with E-state index >= 15 is 0 Å². The van der Waals surface area contributed by atoms with Crippen molar-refractivity contribution in [1.82, 2.24) is 0 Å². The van der Waals surface area contributed by atoms with E-state index in [2.05, 4.69) is 19.6 Å². The van der Waals surface area contributed by atoms with E-state index in [1.165, 1.54) is 0 Å². The second-order valence-corrected chi connectivity index (χ2v) is 9.00. The van der Waals surface area contributed by atoms with Crippen LogP contribution in [0, 0.1) is 28.6 Å². The highest BCUT2D eigenvalue weighted by Gasteiger charge is 2.68. The Morgan fingerprint density at radius 1 is 1.31 bits per heavy atom. The van der Waals surface area contributed by atoms with Gasteiger partial charge in [-0.15, -0.1) is 0 Å². The summed E-state index contributed by atoms with van der Waals surface area (Å²) in [5.74, 6) is -0.659. The average molecular weight is 354 g/mol. The van der Waals surface area contributed by atoms with E-state index in [1.807, 2.05) is 19.9 Å². The Hall–Kier alpha value is -1.94. The molecular weight excluding hydrogens is 328 g/mol. The van der Waals surface area contributed by atoms with Crippen LogP contribution in [-0.2, 0) is 9.59 Å². The van der Waals surface area contributed by atoms with Gasteiger partial charge in [0.1, 0.15) is 0 Å². The highest BCUT2D eigenvalue weighted by Crippen LogP contribution is 2.67. The third-order valence-corrected chi connectivity index (χ3v) is 7.93. The maximum absolute atomic E-state index is 12.0. The van der Waals surface area contributed by atoms with Crippen molar-refractivity contribution in [2.75, 3.05) is 0 Å². The maximum Gasteiger partial charge on any atom is 0.340 e. The van der Waals surface area contributed by atoms with Gasteiger partial charge >= 0.3 is 5.97 Å². The molecule has 2 N–H and O–H groups in total. The molecule has 4 rings (SSSR count). The van der Waals surface area contributed by atoms with Crippen LogP contribution < -0.4 is 0 Å². The van der Waals surface area contributed by atoms with Crippen molar-refractivity contribution >= 4 is 11.8 Å². The number of carbonyl (C=O) groups is 2. The summed E-state index contributed by atoms with van der Waals surface area (Å²) in [6, 6.07) is 0. The molecule has 2 fully saturated rings. The van der Waals surface area contributed by atoms with Gasteiger partial charge in [0.05, 0.1) is 0 Å². The average Bonchev–Trinajstić information content (AvgIpc) is 2.78. The molecule has 4 aliphatic rings. The zero-order valence-corrected chi connectivity index (χ0v) is 15.6. The third kappa shape index (κ3) is 1.83. The number of aliphatic carboxylic acids is 1. The maximum atomic E-state index is 12.0. The molecule has 0 amide bonds. The van der Waals surface area contributed by atoms with Crippen LogP contribution in [0.15, 0.2) is 47.6 Å². The minimum absolute atomic E-state index is 0.0267. The lowest BCUT2D eigenvalue weighted by atomic mass is 9.48. The summed E-state index contributed by atoms with van der Waals surface area (Å²) < 4.78 is 0. The Labute approximate surface area is 154 Å². The van der Waals surface area contributed by atoms with Crippen molar-refractivity contribution in [3.8, 4) is 0 Å². The molecule has 0 bridgehead atoms. The number of carboxylic acids is 1. The van der Waals surface area contributed by atoms with E-state index in [4.69, 9.17) is 0 Å². The summed E-state index contributed by atoms with van der Waals surface area (Å²) >= 11 is 0. The fourth-order valence-corrected chi connectivity index (χ4v) is 6.42. The fraction of sp³-hybridized carbons (Fsp3) is 0.545. The highest BCUT2D eigenvalue weighted by molar-refractivity contribution is 6.02. The third-order valence-electron chi connectivity index (χ3n) is 7.93. The number of carboxylic acid groups (broad SMARTS) is 1. The predicted octanol–water partition coefficient (Wildman–Crippen LogP) is 3.44. The van der Waals surface area contributed by atoms with Crippen molar-refractivity contribution in [2.24, 2.45) is 28.6 Å². The number of aliphatic hydroxyl groups is 1. The monoisotopic (exact) mass is 354 g/mol. The van der Waals surface area contributed by atoms with Crippen LogP contribution in [0.4, 0.5) is 0 Å². The Kier molecular flexibility index (Phi) is 3.41. The lowest BCUT2D eigenvalue weighted by Gasteiger charge is -2.56. The SMILES string of the molecule is C=C1C[C@H]2[C@@H]3C=C(C)C4=CC(=O)C=C[C@]4(C)[C@H]3CC[C@]2(C)[C@@]1(O)C(=O)O. The number of fused-ring (bicyclic) bond motifs is 5. The minimum Gasteiger partial charge on any atom is -0.479 e. The lowest BCUT2D eigenvalue weighted by Crippen LogP contribution is -2.57. The first-order valence-electron chi connectivity index (χ1n) is 9.34. The van der Waals surface area contributed by atoms with Crippen LogP contribution in [0.1, 0.15) is 40.0 Å². The van der Waals surface area contributed by atoms with Crippen molar-refractivity contribution < 1.29 is 19.8 Å². The highest BCUT2D eigenvalue weighted by atomic mass is 16.4. The minimum atomic E-state index is -1.86. The fourth-order valence-electron chi connectivity index (χ4n) is 6.42. The second-order valence-electron chi connectivity index (χ2n) is 9.00. The van der Waals surface area contributed by atoms with Crippen LogP contribution in [-0.4, -0.2) is 27.6 Å². The van der Waals surface area contributed by atoms with Crippen LogP contribution in [0.25, 0.3) is 0 Å². The Balaban J connectivity index is 1.85. The van der Waals surface area contributed by atoms with E-state index in [0.29, 0.717) is 24.3 Å². The van der Waals surface area contributed by atoms with Gasteiger partial charge in [-0.05, 0) is 67.2 Å². The van der Waals surface area contributed by atoms with Crippen molar-refractivity contribution in [3.63, 3.8) is 0 Å². The summed E-state index contributed by atoms with van der Waals surface area (Å²) in [5.41, 5.74) is -0.207. The van der Waals surface area contributed by atoms with E-state index in [9.17, 15) is 19.8 Å². The summed E-state index contributed by atoms with van der Waals surface area (Å²) in [6.45, 7) is 10.1. The Bertz CT molecular complexity index is 831. The molecule has 0 radical (unpaired) electrons. The molecule has 0 heterocycles. The molecule has 0 spiro atoms. The number of ketones is 1. The molecule has 0 aromatic heterocycles. The molecule has 4 heteroatoms. The van der Waals surface area contributed by atoms with Crippen molar-refractivity contribution in [3.05, 3.63) is 47.6 Å². The number of rotatable bonds is 1. The number of hydrogen-bond donors (Lipinski definition) is 2. The van der Waals surface area contributed by atoms with E-state index in [1.54, 1.807) is 12.2 Å². The normalized spacial score (nSPS) is 46.8. The molecular formula is C22H26O4. The number of hydrogen-bond acceptors (Lipinski definition) is 3. The smallest absolute Gasteiger partial charge is 0.340 e. The van der Waals surface area contributed by atoms with Crippen LogP contribution in [0.2, 0.25) is 0 Å². The van der Waals surface area contributed by atoms with E-state index < -0.39 is 17.0 Å². The van der Waals surface area contributed by atoms with Gasteiger partial charge in [-0.1, -0.05) is 38.2 Å². The van der Waals surface area contributed by atoms with Crippen molar-refractivity contribution in [2.45, 2.75) is 45.6 Å². The molecule has 26 heavy (non-hydrogen) atoms. The first kappa shape index (κ1) is 17.5. The zero-order chi connectivity index (χ0) is 19.1. The van der Waals surface area contributed by atoms with Crippen molar-refractivity contribution in [1.29, 1.82) is 0 Å². The Morgan fingerprint density at radius 3 is 2.65 bits per heavy atom. The second kappa shape index (κ2) is 5.07. The van der Waals surface area contributed by atoms with Gasteiger partial charge in [0.25, 0.3) is 0 Å². The van der Waals surface area contributed by atoms with E-state index in [0.717, 1.165) is 17.6 Å². The first-order valence-corrected chi connectivity index (χ1v) is 9.34. The van der Waals surface area contributed by atoms with Gasteiger partial charge in [-0.25, -0.2) is 4.79 Å². The number of allylic oxidation sites excluding steroid dienone is 6. The largest absolute Gasteiger partial charge is 0.479 e. The summed E-state index contributed by atoms with van der Waals surface area (Å²) in [7, 11) is 0. The van der Waals surface area contributed by atoms with Gasteiger partial charge in [0.15, 0.2) is 11.4 Å². The molecule has 6 atom stereocenters. The van der Waals surface area contributed by atoms with E-state index in [-0.39, 0.29) is 23.0 Å². The predicted molar refractivity (Wildman–Crippen MR) is 98.2 cm³/mol. The lowest BCUT2D eigenvalue weighted by molar-refractivity contribution is -0.172. The summed E-state index contributed by atoms with van der Waals surface area (Å²) in [5, 5.41) is 20.9. The van der Waals surface area contributed by atoms with Gasteiger partial charge < -0.3 is 10.2 Å². The summed E-state index contributed by atoms with van der Waals surface area (Å²) in [6.07, 6.45) is 9.64. The molecule has 0 aromatic carbocycles. The van der Waals surface area contributed by atoms with Gasteiger partial charge in [-0.2, -0.15) is 0 Å². The van der Waals surface area contributed by atoms with Gasteiger partial charge in [0, 0.05) is 10.8 Å². The molecule has 0 saturated heterocycles. The topological polar surface area (TPSA) is 74.6 Å². The molecule has 2 saturated carbocycles. The van der Waals surface area contributed by atoms with Crippen LogP contribution in [0.3, 0.4) is 0 Å². The summed E-state index contributed by atoms with van der Waals surface area (Å²) in [4.78, 5) is 23.9. The quantitative estimate of drug-likeness (QED) is 0.708. The van der Waals surface area contributed by atoms with Gasteiger partial charge in [0.2, 0.25) is 0 Å². The van der Waals surface area contributed by atoms with Crippen LogP contribution >= 0.6 is 0 Å². The molecule has 4 nitrogen and oxygen atoms in total. The number of carbonyl (C=O) groups excluding carboxylic acids is 1. The van der Waals surface area contributed by atoms with Gasteiger partial charge in [-0.3, -0.25) is 4.79 Å².